The van der Waals surface area contributed by atoms with Gasteiger partial charge >= 0.3 is 0 Å². The Hall–Kier alpha value is -3.43. The molecule has 0 aliphatic heterocycles. The Balaban J connectivity index is 1.80. The molecule has 0 aliphatic rings. The molecule has 2 N–H and O–H groups in total. The van der Waals surface area contributed by atoms with Crippen LogP contribution in [0, 0.1) is 5.82 Å². The fraction of sp³-hybridized carbons (Fsp3) is 0.280. The van der Waals surface area contributed by atoms with Crippen LogP contribution in [0.1, 0.15) is 23.0 Å². The van der Waals surface area contributed by atoms with Gasteiger partial charge in [-0.25, -0.2) is 13.8 Å². The average Bonchev–Trinajstić information content (AvgIpc) is 2.87. The van der Waals surface area contributed by atoms with Crippen LogP contribution < -0.4 is 19.5 Å². The van der Waals surface area contributed by atoms with Gasteiger partial charge in [0.25, 0.3) is 5.91 Å². The van der Waals surface area contributed by atoms with Crippen LogP contribution in [0.2, 0.25) is 5.02 Å². The number of rotatable bonds is 10. The van der Waals surface area contributed by atoms with Crippen molar-refractivity contribution in [2.75, 3.05) is 34.0 Å². The molecule has 0 fully saturated rings. The number of aromatic nitrogens is 1. The smallest absolute Gasteiger partial charge is 0.251 e. The number of amides is 1. The van der Waals surface area contributed by atoms with E-state index in [0.717, 1.165) is 0 Å². The second-order valence-corrected chi connectivity index (χ2v) is 8.14. The van der Waals surface area contributed by atoms with Gasteiger partial charge in [-0.05, 0) is 55.5 Å². The first-order chi connectivity index (χ1) is 16.7. The van der Waals surface area contributed by atoms with Crippen molar-refractivity contribution in [2.24, 2.45) is 0 Å². The fourth-order valence-corrected chi connectivity index (χ4v) is 3.46. The predicted molar refractivity (Wildman–Crippen MR) is 128 cm³/mol. The number of carbonyl (C=O) groups excluding carboxylic acids is 1. The van der Waals surface area contributed by atoms with Gasteiger partial charge in [-0.3, -0.25) is 4.79 Å². The van der Waals surface area contributed by atoms with Crippen molar-refractivity contribution in [1.82, 2.24) is 10.3 Å². The van der Waals surface area contributed by atoms with Crippen LogP contribution in [0.25, 0.3) is 11.3 Å². The molecule has 7 nitrogen and oxygen atoms in total. The number of ether oxygens (including phenoxy) is 3. The van der Waals surface area contributed by atoms with Gasteiger partial charge in [0.2, 0.25) is 0 Å². The Morgan fingerprint density at radius 3 is 2.46 bits per heavy atom. The van der Waals surface area contributed by atoms with Gasteiger partial charge in [0.05, 0.1) is 31.5 Å². The number of methoxy groups -OCH3 is 2. The molecular formula is C25H25ClF2N2O5. The zero-order valence-corrected chi connectivity index (χ0v) is 20.2. The maximum absolute atomic E-state index is 13.6. The number of benzene rings is 2. The lowest BCUT2D eigenvalue weighted by Crippen LogP contribution is -2.39. The SMILES string of the molecule is COc1cc(C(=O)NCC(C)(O)c2ccc(OC)c(-c3ccc(F)c(Cl)c3)n2)ccc1OCCF. The van der Waals surface area contributed by atoms with Crippen LogP contribution in [-0.4, -0.2) is 50.0 Å². The van der Waals surface area contributed by atoms with Gasteiger partial charge < -0.3 is 24.6 Å². The van der Waals surface area contributed by atoms with Gasteiger partial charge in [-0.2, -0.15) is 0 Å². The normalized spacial score (nSPS) is 12.5. The van der Waals surface area contributed by atoms with E-state index in [1.54, 1.807) is 12.1 Å². The fourth-order valence-electron chi connectivity index (χ4n) is 3.28. The number of nitrogens with one attached hydrogen (secondary N) is 1. The van der Waals surface area contributed by atoms with Crippen molar-refractivity contribution in [3.63, 3.8) is 0 Å². The van der Waals surface area contributed by atoms with Crippen LogP contribution >= 0.6 is 11.6 Å². The number of hydrogen-bond donors (Lipinski definition) is 2. The molecule has 0 radical (unpaired) electrons. The van der Waals surface area contributed by atoms with Crippen LogP contribution in [-0.2, 0) is 5.60 Å². The van der Waals surface area contributed by atoms with Crippen molar-refractivity contribution in [2.45, 2.75) is 12.5 Å². The van der Waals surface area contributed by atoms with Gasteiger partial charge in [0.15, 0.2) is 11.5 Å². The number of alkyl halides is 1. The lowest BCUT2D eigenvalue weighted by molar-refractivity contribution is 0.0489. The summed E-state index contributed by atoms with van der Waals surface area (Å²) in [6.45, 7) is 0.538. The van der Waals surface area contributed by atoms with E-state index in [1.807, 2.05) is 0 Å². The third-order valence-corrected chi connectivity index (χ3v) is 5.47. The molecule has 3 aromatic rings. The molecule has 1 amide bonds. The molecular weight excluding hydrogens is 482 g/mol. The van der Waals surface area contributed by atoms with E-state index in [4.69, 9.17) is 25.8 Å². The number of carbonyl (C=O) groups is 1. The summed E-state index contributed by atoms with van der Waals surface area (Å²) in [4.78, 5) is 17.2. The number of aliphatic hydroxyl groups is 1. The van der Waals surface area contributed by atoms with E-state index in [9.17, 15) is 18.7 Å². The highest BCUT2D eigenvalue weighted by Crippen LogP contribution is 2.33. The minimum atomic E-state index is -1.56. The quantitative estimate of drug-likeness (QED) is 0.419. The largest absolute Gasteiger partial charge is 0.494 e. The Morgan fingerprint density at radius 1 is 1.09 bits per heavy atom. The molecule has 10 heteroatoms. The molecule has 0 saturated carbocycles. The van der Waals surface area contributed by atoms with Crippen LogP contribution in [0.5, 0.6) is 17.2 Å². The van der Waals surface area contributed by atoms with Gasteiger partial charge in [0, 0.05) is 11.1 Å². The Labute approximate surface area is 206 Å². The lowest BCUT2D eigenvalue weighted by atomic mass is 9.99. The van der Waals surface area contributed by atoms with Crippen molar-refractivity contribution in [3.05, 3.63) is 70.6 Å². The summed E-state index contributed by atoms with van der Waals surface area (Å²) in [5.41, 5.74) is -0.199. The summed E-state index contributed by atoms with van der Waals surface area (Å²) in [6, 6.07) is 11.8. The molecule has 0 aliphatic carbocycles. The maximum atomic E-state index is 13.6. The molecule has 35 heavy (non-hydrogen) atoms. The highest BCUT2D eigenvalue weighted by molar-refractivity contribution is 6.31. The molecule has 1 aromatic heterocycles. The van der Waals surface area contributed by atoms with Gasteiger partial charge in [-0.1, -0.05) is 11.6 Å². The molecule has 1 unspecified atom stereocenters. The number of pyridine rings is 1. The van der Waals surface area contributed by atoms with E-state index in [0.29, 0.717) is 22.8 Å². The molecule has 1 heterocycles. The Bertz CT molecular complexity index is 1210. The van der Waals surface area contributed by atoms with E-state index >= 15 is 0 Å². The Morgan fingerprint density at radius 2 is 1.80 bits per heavy atom. The molecule has 3 rings (SSSR count). The summed E-state index contributed by atoms with van der Waals surface area (Å²) < 4.78 is 41.8. The first-order valence-electron chi connectivity index (χ1n) is 10.6. The Kier molecular flexibility index (Phi) is 8.48. The molecule has 0 spiro atoms. The number of halogens is 3. The second-order valence-electron chi connectivity index (χ2n) is 7.74. The van der Waals surface area contributed by atoms with Crippen molar-refractivity contribution >= 4 is 17.5 Å². The number of hydrogen-bond acceptors (Lipinski definition) is 6. The van der Waals surface area contributed by atoms with Crippen LogP contribution in [0.15, 0.2) is 48.5 Å². The summed E-state index contributed by atoms with van der Waals surface area (Å²) >= 11 is 5.91. The third-order valence-electron chi connectivity index (χ3n) is 5.18. The first-order valence-corrected chi connectivity index (χ1v) is 11.0. The minimum absolute atomic E-state index is 0.0766. The molecule has 0 bridgehead atoms. The molecule has 186 valence electrons. The summed E-state index contributed by atoms with van der Waals surface area (Å²) in [5.74, 6) is -0.0567. The van der Waals surface area contributed by atoms with Gasteiger partial charge in [0.1, 0.15) is 36.1 Å². The zero-order chi connectivity index (χ0) is 25.6. The van der Waals surface area contributed by atoms with E-state index < -0.39 is 24.0 Å². The molecule has 1 atom stereocenters. The third kappa shape index (κ3) is 6.17. The molecule has 2 aromatic carbocycles. The van der Waals surface area contributed by atoms with E-state index in [1.165, 1.54) is 57.5 Å². The highest BCUT2D eigenvalue weighted by atomic mass is 35.5. The van der Waals surface area contributed by atoms with E-state index in [-0.39, 0.29) is 35.2 Å². The maximum Gasteiger partial charge on any atom is 0.251 e. The highest BCUT2D eigenvalue weighted by Gasteiger charge is 2.27. The van der Waals surface area contributed by atoms with Crippen molar-refractivity contribution in [3.8, 4) is 28.5 Å². The standard InChI is InChI=1S/C25H25ClF2N2O5/c1-25(32,14-29-24(31)16-5-7-19(35-11-10-27)21(13-16)34-3)22-9-8-20(33-2)23(30-22)15-4-6-18(28)17(26)12-15/h4-9,12-13,32H,10-11,14H2,1-3H3,(H,29,31). The van der Waals surface area contributed by atoms with Gasteiger partial charge in [-0.15, -0.1) is 0 Å². The van der Waals surface area contributed by atoms with Crippen LogP contribution in [0.3, 0.4) is 0 Å². The minimum Gasteiger partial charge on any atom is -0.494 e. The second kappa shape index (κ2) is 11.3. The summed E-state index contributed by atoms with van der Waals surface area (Å²) in [5, 5.41) is 13.7. The number of nitrogens with zero attached hydrogens (tertiary/aromatic N) is 1. The van der Waals surface area contributed by atoms with Crippen molar-refractivity contribution < 1.29 is 32.9 Å². The monoisotopic (exact) mass is 506 g/mol. The van der Waals surface area contributed by atoms with Crippen LogP contribution in [0.4, 0.5) is 8.78 Å². The first kappa shape index (κ1) is 26.2. The topological polar surface area (TPSA) is 89.9 Å². The lowest BCUT2D eigenvalue weighted by Gasteiger charge is -2.24. The van der Waals surface area contributed by atoms with E-state index in [2.05, 4.69) is 10.3 Å². The molecule has 0 saturated heterocycles. The zero-order valence-electron chi connectivity index (χ0n) is 19.4. The average molecular weight is 507 g/mol. The van der Waals surface area contributed by atoms with Crippen molar-refractivity contribution in [1.29, 1.82) is 0 Å². The summed E-state index contributed by atoms with van der Waals surface area (Å²) in [7, 11) is 2.87. The predicted octanol–water partition coefficient (Wildman–Crippen LogP) is 4.54. The summed E-state index contributed by atoms with van der Waals surface area (Å²) in [6.07, 6.45) is 0.